The number of hydrogen-bond acceptors (Lipinski definition) is 4. The lowest BCUT2D eigenvalue weighted by Crippen LogP contribution is -2.28. The molecule has 0 spiro atoms. The molecule has 1 amide bonds. The van der Waals surface area contributed by atoms with Gasteiger partial charge >= 0.3 is 0 Å². The van der Waals surface area contributed by atoms with Crippen LogP contribution in [0.2, 0.25) is 0 Å². The molecule has 0 aromatic heterocycles. The van der Waals surface area contributed by atoms with Crippen LogP contribution in [0.25, 0.3) is 0 Å². The van der Waals surface area contributed by atoms with E-state index in [1.807, 2.05) is 24.3 Å². The normalized spacial score (nSPS) is 11.7. The number of nitrogens with one attached hydrogen (secondary N) is 1. The third-order valence-electron chi connectivity index (χ3n) is 3.65. The number of anilines is 1. The molecule has 0 bridgehead atoms. The van der Waals surface area contributed by atoms with Gasteiger partial charge in [0.15, 0.2) is 0 Å². The molecule has 0 fully saturated rings. The maximum Gasteiger partial charge on any atom is 0.220 e. The standard InChI is InChI=1S/C18H22N2O3/c1-23-15-7-4-6-14(11-15)17(21)12-20-18(22)10-9-13-5-2-3-8-16(13)19/h2-8,11,17,21H,9-10,12,19H2,1H3,(H,20,22). The van der Waals surface area contributed by atoms with Crippen LogP contribution in [0.15, 0.2) is 48.5 Å². The summed E-state index contributed by atoms with van der Waals surface area (Å²) >= 11 is 0. The molecule has 122 valence electrons. The van der Waals surface area contributed by atoms with E-state index in [4.69, 9.17) is 10.5 Å². The van der Waals surface area contributed by atoms with Crippen molar-refractivity contribution in [1.29, 1.82) is 0 Å². The maximum atomic E-state index is 11.9. The molecule has 2 aromatic carbocycles. The van der Waals surface area contributed by atoms with Crippen LogP contribution in [-0.4, -0.2) is 24.7 Å². The number of hydrogen-bond donors (Lipinski definition) is 3. The van der Waals surface area contributed by atoms with Crippen molar-refractivity contribution in [3.63, 3.8) is 0 Å². The lowest BCUT2D eigenvalue weighted by Gasteiger charge is -2.13. The van der Waals surface area contributed by atoms with E-state index in [0.717, 1.165) is 5.56 Å². The van der Waals surface area contributed by atoms with Crippen molar-refractivity contribution in [2.75, 3.05) is 19.4 Å². The molecule has 1 unspecified atom stereocenters. The number of ether oxygens (including phenoxy) is 1. The number of amides is 1. The second-order valence-corrected chi connectivity index (χ2v) is 5.30. The third-order valence-corrected chi connectivity index (χ3v) is 3.65. The summed E-state index contributed by atoms with van der Waals surface area (Å²) < 4.78 is 5.12. The fourth-order valence-electron chi connectivity index (χ4n) is 2.28. The summed E-state index contributed by atoms with van der Waals surface area (Å²) in [6.45, 7) is 0.163. The predicted octanol–water partition coefficient (Wildman–Crippen LogP) is 2.06. The minimum absolute atomic E-state index is 0.116. The van der Waals surface area contributed by atoms with E-state index < -0.39 is 6.10 Å². The first kappa shape index (κ1) is 16.8. The van der Waals surface area contributed by atoms with Gasteiger partial charge in [-0.15, -0.1) is 0 Å². The number of carbonyl (C=O) groups excluding carboxylic acids is 1. The molecular weight excluding hydrogens is 292 g/mol. The summed E-state index contributed by atoms with van der Waals surface area (Å²) in [4.78, 5) is 11.9. The van der Waals surface area contributed by atoms with E-state index in [0.29, 0.717) is 29.8 Å². The third kappa shape index (κ3) is 5.00. The Bertz CT molecular complexity index is 658. The molecule has 5 heteroatoms. The van der Waals surface area contributed by atoms with Gasteiger partial charge in [-0.25, -0.2) is 0 Å². The number of methoxy groups -OCH3 is 1. The molecule has 0 aliphatic heterocycles. The topological polar surface area (TPSA) is 84.6 Å². The second-order valence-electron chi connectivity index (χ2n) is 5.30. The van der Waals surface area contributed by atoms with Gasteiger partial charge in [-0.2, -0.15) is 0 Å². The summed E-state index contributed by atoms with van der Waals surface area (Å²) in [7, 11) is 1.57. The van der Waals surface area contributed by atoms with Gasteiger partial charge in [-0.05, 0) is 35.7 Å². The van der Waals surface area contributed by atoms with Gasteiger partial charge in [0.1, 0.15) is 5.75 Å². The minimum Gasteiger partial charge on any atom is -0.497 e. The predicted molar refractivity (Wildman–Crippen MR) is 90.1 cm³/mol. The van der Waals surface area contributed by atoms with Gasteiger partial charge in [0, 0.05) is 18.7 Å². The summed E-state index contributed by atoms with van der Waals surface area (Å²) in [5, 5.41) is 12.9. The lowest BCUT2D eigenvalue weighted by molar-refractivity contribution is -0.121. The Morgan fingerprint density at radius 1 is 1.26 bits per heavy atom. The summed E-state index contributed by atoms with van der Waals surface area (Å²) in [5.41, 5.74) is 8.20. The number of para-hydroxylation sites is 1. The Labute approximate surface area is 136 Å². The molecule has 2 aromatic rings. The largest absolute Gasteiger partial charge is 0.497 e. The highest BCUT2D eigenvalue weighted by Gasteiger charge is 2.11. The number of benzene rings is 2. The van der Waals surface area contributed by atoms with E-state index in [2.05, 4.69) is 5.32 Å². The van der Waals surface area contributed by atoms with Gasteiger partial charge < -0.3 is 20.9 Å². The van der Waals surface area contributed by atoms with Gasteiger partial charge in [0.2, 0.25) is 5.91 Å². The van der Waals surface area contributed by atoms with E-state index >= 15 is 0 Å². The van der Waals surface area contributed by atoms with Crippen molar-refractivity contribution >= 4 is 11.6 Å². The lowest BCUT2D eigenvalue weighted by atomic mass is 10.1. The SMILES string of the molecule is COc1cccc(C(O)CNC(=O)CCc2ccccc2N)c1. The monoisotopic (exact) mass is 314 g/mol. The maximum absolute atomic E-state index is 11.9. The molecule has 23 heavy (non-hydrogen) atoms. The molecule has 4 N–H and O–H groups in total. The van der Waals surface area contributed by atoms with Crippen molar-refractivity contribution in [3.8, 4) is 5.75 Å². The number of nitrogens with two attached hydrogens (primary N) is 1. The Kier molecular flexibility index (Phi) is 6.00. The fraction of sp³-hybridized carbons (Fsp3) is 0.278. The van der Waals surface area contributed by atoms with Crippen molar-refractivity contribution in [2.24, 2.45) is 0 Å². The van der Waals surface area contributed by atoms with Gasteiger partial charge in [-0.1, -0.05) is 30.3 Å². The van der Waals surface area contributed by atoms with Crippen LogP contribution in [0.3, 0.4) is 0 Å². The van der Waals surface area contributed by atoms with E-state index in [1.165, 1.54) is 0 Å². The fourth-order valence-corrected chi connectivity index (χ4v) is 2.28. The van der Waals surface area contributed by atoms with E-state index in [-0.39, 0.29) is 12.5 Å². The molecule has 2 rings (SSSR count). The van der Waals surface area contributed by atoms with Crippen LogP contribution < -0.4 is 15.8 Å². The highest BCUT2D eigenvalue weighted by Crippen LogP contribution is 2.18. The molecule has 0 aliphatic carbocycles. The first-order valence-electron chi connectivity index (χ1n) is 7.52. The van der Waals surface area contributed by atoms with Crippen molar-refractivity contribution in [3.05, 3.63) is 59.7 Å². The first-order valence-corrected chi connectivity index (χ1v) is 7.52. The number of rotatable bonds is 7. The highest BCUT2D eigenvalue weighted by atomic mass is 16.5. The molecule has 5 nitrogen and oxygen atoms in total. The Hall–Kier alpha value is -2.53. The second kappa shape index (κ2) is 8.19. The summed E-state index contributed by atoms with van der Waals surface area (Å²) in [5.74, 6) is 0.558. The number of nitrogen functional groups attached to an aromatic ring is 1. The molecule has 0 heterocycles. The minimum atomic E-state index is -0.768. The first-order chi connectivity index (χ1) is 11.1. The average molecular weight is 314 g/mol. The van der Waals surface area contributed by atoms with Gasteiger partial charge in [0.25, 0.3) is 0 Å². The smallest absolute Gasteiger partial charge is 0.220 e. The zero-order valence-electron chi connectivity index (χ0n) is 13.2. The Morgan fingerprint density at radius 3 is 2.78 bits per heavy atom. The average Bonchev–Trinajstić information content (AvgIpc) is 2.59. The summed E-state index contributed by atoms with van der Waals surface area (Å²) in [6.07, 6.45) is 0.142. The zero-order chi connectivity index (χ0) is 16.7. The van der Waals surface area contributed by atoms with Crippen molar-refractivity contribution < 1.29 is 14.6 Å². The van der Waals surface area contributed by atoms with Gasteiger partial charge in [-0.3, -0.25) is 4.79 Å². The summed E-state index contributed by atoms with van der Waals surface area (Å²) in [6, 6.07) is 14.6. The quantitative estimate of drug-likeness (QED) is 0.683. The van der Waals surface area contributed by atoms with Crippen LogP contribution in [0.4, 0.5) is 5.69 Å². The van der Waals surface area contributed by atoms with E-state index in [9.17, 15) is 9.90 Å². The van der Waals surface area contributed by atoms with Gasteiger partial charge in [0.05, 0.1) is 13.2 Å². The molecule has 0 aliphatic rings. The van der Waals surface area contributed by atoms with Crippen molar-refractivity contribution in [2.45, 2.75) is 18.9 Å². The number of aliphatic hydroxyl groups excluding tert-OH is 1. The van der Waals surface area contributed by atoms with Crippen LogP contribution in [0.1, 0.15) is 23.7 Å². The number of aryl methyl sites for hydroxylation is 1. The number of aliphatic hydroxyl groups is 1. The Morgan fingerprint density at radius 2 is 2.04 bits per heavy atom. The van der Waals surface area contributed by atoms with Crippen molar-refractivity contribution in [1.82, 2.24) is 5.32 Å². The molecular formula is C18H22N2O3. The van der Waals surface area contributed by atoms with Crippen LogP contribution in [0, 0.1) is 0 Å². The van der Waals surface area contributed by atoms with Crippen LogP contribution in [-0.2, 0) is 11.2 Å². The molecule has 1 atom stereocenters. The molecule has 0 radical (unpaired) electrons. The number of carbonyl (C=O) groups is 1. The van der Waals surface area contributed by atoms with Crippen LogP contribution in [0.5, 0.6) is 5.75 Å². The highest BCUT2D eigenvalue weighted by molar-refractivity contribution is 5.76. The molecule has 0 saturated carbocycles. The molecule has 0 saturated heterocycles. The van der Waals surface area contributed by atoms with E-state index in [1.54, 1.807) is 31.4 Å². The van der Waals surface area contributed by atoms with Crippen LogP contribution >= 0.6 is 0 Å². The zero-order valence-corrected chi connectivity index (χ0v) is 13.2. The Balaban J connectivity index is 1.80.